The van der Waals surface area contributed by atoms with Gasteiger partial charge in [0.1, 0.15) is 5.76 Å². The maximum absolute atomic E-state index is 5.08. The highest BCUT2D eigenvalue weighted by Gasteiger charge is 2.19. The molecule has 98 valence electrons. The monoisotopic (exact) mass is 259 g/mol. The predicted octanol–water partition coefficient (Wildman–Crippen LogP) is 1.84. The van der Waals surface area contributed by atoms with E-state index in [0.717, 1.165) is 30.5 Å². The lowest BCUT2D eigenvalue weighted by atomic mass is 9.97. The van der Waals surface area contributed by atoms with Gasteiger partial charge < -0.3 is 9.84 Å². The van der Waals surface area contributed by atoms with E-state index in [1.165, 1.54) is 25.9 Å². The smallest absolute Gasteiger partial charge is 0.133 e. The number of aromatic nitrogens is 1. The van der Waals surface area contributed by atoms with Crippen molar-refractivity contribution in [1.82, 2.24) is 15.4 Å². The van der Waals surface area contributed by atoms with E-state index in [1.807, 2.05) is 20.0 Å². The minimum absolute atomic E-state index is 0. The van der Waals surface area contributed by atoms with E-state index in [4.69, 9.17) is 4.52 Å². The van der Waals surface area contributed by atoms with Gasteiger partial charge in [-0.2, -0.15) is 0 Å². The Bertz CT molecular complexity index is 321. The third kappa shape index (κ3) is 4.30. The number of nitrogens with one attached hydrogen (secondary N) is 1. The van der Waals surface area contributed by atoms with Crippen LogP contribution >= 0.6 is 12.4 Å². The molecule has 0 radical (unpaired) electrons. The van der Waals surface area contributed by atoms with Crippen LogP contribution in [-0.4, -0.2) is 36.7 Å². The summed E-state index contributed by atoms with van der Waals surface area (Å²) in [5, 5.41) is 7.30. The van der Waals surface area contributed by atoms with Crippen LogP contribution in [0, 0.1) is 12.8 Å². The minimum Gasteiger partial charge on any atom is -0.361 e. The molecule has 0 atom stereocenters. The predicted molar refractivity (Wildman–Crippen MR) is 70.4 cm³/mol. The Labute approximate surface area is 109 Å². The van der Waals surface area contributed by atoms with Crippen LogP contribution in [0.15, 0.2) is 10.6 Å². The summed E-state index contributed by atoms with van der Waals surface area (Å²) in [7, 11) is 2.03. The first-order chi connectivity index (χ1) is 7.78. The van der Waals surface area contributed by atoms with Crippen LogP contribution in [0.3, 0.4) is 0 Å². The summed E-state index contributed by atoms with van der Waals surface area (Å²) in [6.45, 7) is 6.38. The molecular weight excluding hydrogens is 238 g/mol. The van der Waals surface area contributed by atoms with Gasteiger partial charge in [-0.15, -0.1) is 12.4 Å². The molecule has 5 heteroatoms. The summed E-state index contributed by atoms with van der Waals surface area (Å²) in [4.78, 5) is 2.46. The van der Waals surface area contributed by atoms with E-state index < -0.39 is 0 Å². The van der Waals surface area contributed by atoms with E-state index >= 15 is 0 Å². The molecule has 1 saturated heterocycles. The molecule has 1 aliphatic heterocycles. The van der Waals surface area contributed by atoms with Gasteiger partial charge >= 0.3 is 0 Å². The average Bonchev–Trinajstić information content (AvgIpc) is 2.67. The molecule has 0 aromatic carbocycles. The number of halogens is 1. The van der Waals surface area contributed by atoms with Gasteiger partial charge in [0.25, 0.3) is 0 Å². The number of nitrogens with zero attached hydrogens (tertiary/aromatic N) is 2. The van der Waals surface area contributed by atoms with Crippen molar-refractivity contribution in [1.29, 1.82) is 0 Å². The zero-order valence-electron chi connectivity index (χ0n) is 10.6. The largest absolute Gasteiger partial charge is 0.361 e. The summed E-state index contributed by atoms with van der Waals surface area (Å²) < 4.78 is 5.08. The Balaban J connectivity index is 0.00000144. The van der Waals surface area contributed by atoms with Gasteiger partial charge in [0.15, 0.2) is 0 Å². The second kappa shape index (κ2) is 6.99. The molecule has 1 aromatic rings. The van der Waals surface area contributed by atoms with Gasteiger partial charge in [0, 0.05) is 12.6 Å². The standard InChI is InChI=1S/C12H21N3O.ClH/c1-10-7-12(14-16-10)9-15-5-3-11(4-6-15)8-13-2;/h7,11,13H,3-6,8-9H2,1-2H3;1H. The lowest BCUT2D eigenvalue weighted by Crippen LogP contribution is -2.36. The summed E-state index contributed by atoms with van der Waals surface area (Å²) in [6.07, 6.45) is 2.58. The number of rotatable bonds is 4. The van der Waals surface area contributed by atoms with E-state index in [-0.39, 0.29) is 12.4 Å². The zero-order valence-corrected chi connectivity index (χ0v) is 11.4. The maximum atomic E-state index is 5.08. The lowest BCUT2D eigenvalue weighted by molar-refractivity contribution is 0.173. The highest BCUT2D eigenvalue weighted by Crippen LogP contribution is 2.18. The van der Waals surface area contributed by atoms with E-state index in [0.29, 0.717) is 0 Å². The topological polar surface area (TPSA) is 41.3 Å². The first kappa shape index (κ1) is 14.5. The second-order valence-corrected chi connectivity index (χ2v) is 4.71. The molecule has 2 rings (SSSR count). The van der Waals surface area contributed by atoms with Crippen molar-refractivity contribution in [3.63, 3.8) is 0 Å². The number of hydrogen-bond acceptors (Lipinski definition) is 4. The van der Waals surface area contributed by atoms with Crippen molar-refractivity contribution in [3.8, 4) is 0 Å². The average molecular weight is 260 g/mol. The summed E-state index contributed by atoms with van der Waals surface area (Å²) in [5.41, 5.74) is 1.06. The molecule has 1 aromatic heterocycles. The Morgan fingerprint density at radius 2 is 2.18 bits per heavy atom. The molecule has 17 heavy (non-hydrogen) atoms. The van der Waals surface area contributed by atoms with Gasteiger partial charge in [-0.1, -0.05) is 5.16 Å². The number of likely N-dealkylation sites (tertiary alicyclic amines) is 1. The third-order valence-corrected chi connectivity index (χ3v) is 3.26. The molecular formula is C12H22ClN3O. The first-order valence-corrected chi connectivity index (χ1v) is 6.07. The molecule has 1 N–H and O–H groups in total. The summed E-state index contributed by atoms with van der Waals surface area (Å²) in [6, 6.07) is 2.03. The number of hydrogen-bond donors (Lipinski definition) is 1. The van der Waals surface area contributed by atoms with Crippen LogP contribution in [0.25, 0.3) is 0 Å². The summed E-state index contributed by atoms with van der Waals surface area (Å²) in [5.74, 6) is 1.75. The van der Waals surface area contributed by atoms with Crippen molar-refractivity contribution >= 4 is 12.4 Å². The van der Waals surface area contributed by atoms with Gasteiger partial charge in [-0.3, -0.25) is 4.90 Å². The van der Waals surface area contributed by atoms with Crippen molar-refractivity contribution < 1.29 is 4.52 Å². The molecule has 1 fully saturated rings. The van der Waals surface area contributed by atoms with Crippen LogP contribution in [0.5, 0.6) is 0 Å². The van der Waals surface area contributed by atoms with Gasteiger partial charge in [-0.25, -0.2) is 0 Å². The minimum atomic E-state index is 0. The van der Waals surface area contributed by atoms with E-state index in [2.05, 4.69) is 15.4 Å². The molecule has 0 bridgehead atoms. The van der Waals surface area contributed by atoms with Crippen molar-refractivity contribution in [2.75, 3.05) is 26.7 Å². The molecule has 2 heterocycles. The lowest BCUT2D eigenvalue weighted by Gasteiger charge is -2.31. The molecule has 0 unspecified atom stereocenters. The third-order valence-electron chi connectivity index (χ3n) is 3.26. The molecule has 0 aliphatic carbocycles. The van der Waals surface area contributed by atoms with Crippen LogP contribution in [0.1, 0.15) is 24.3 Å². The normalized spacial score (nSPS) is 18.0. The van der Waals surface area contributed by atoms with Gasteiger partial charge in [0.05, 0.1) is 5.69 Å². The molecule has 4 nitrogen and oxygen atoms in total. The highest BCUT2D eigenvalue weighted by atomic mass is 35.5. The fourth-order valence-electron chi connectivity index (χ4n) is 2.36. The molecule has 0 saturated carbocycles. The Hall–Kier alpha value is -0.580. The number of aryl methyl sites for hydroxylation is 1. The SMILES string of the molecule is CNCC1CCN(Cc2cc(C)on2)CC1.Cl. The summed E-state index contributed by atoms with van der Waals surface area (Å²) >= 11 is 0. The van der Waals surface area contributed by atoms with Crippen molar-refractivity contribution in [3.05, 3.63) is 17.5 Å². The highest BCUT2D eigenvalue weighted by molar-refractivity contribution is 5.85. The Morgan fingerprint density at radius 3 is 2.71 bits per heavy atom. The van der Waals surface area contributed by atoms with E-state index in [9.17, 15) is 0 Å². The maximum Gasteiger partial charge on any atom is 0.133 e. The Morgan fingerprint density at radius 1 is 1.47 bits per heavy atom. The van der Waals surface area contributed by atoms with Gasteiger partial charge in [0.2, 0.25) is 0 Å². The fourth-order valence-corrected chi connectivity index (χ4v) is 2.36. The van der Waals surface area contributed by atoms with E-state index in [1.54, 1.807) is 0 Å². The first-order valence-electron chi connectivity index (χ1n) is 6.07. The number of piperidine rings is 1. The molecule has 0 amide bonds. The fraction of sp³-hybridized carbons (Fsp3) is 0.750. The van der Waals surface area contributed by atoms with Crippen LogP contribution < -0.4 is 5.32 Å². The molecule has 0 spiro atoms. The van der Waals surface area contributed by atoms with Crippen LogP contribution in [-0.2, 0) is 6.54 Å². The quantitative estimate of drug-likeness (QED) is 0.896. The van der Waals surface area contributed by atoms with Crippen LogP contribution in [0.2, 0.25) is 0 Å². The van der Waals surface area contributed by atoms with Crippen molar-refractivity contribution in [2.24, 2.45) is 5.92 Å². The second-order valence-electron chi connectivity index (χ2n) is 4.71. The van der Waals surface area contributed by atoms with Crippen molar-refractivity contribution in [2.45, 2.75) is 26.3 Å². The Kier molecular flexibility index (Phi) is 5.95. The van der Waals surface area contributed by atoms with Gasteiger partial charge in [-0.05, 0) is 52.4 Å². The molecule has 1 aliphatic rings. The van der Waals surface area contributed by atoms with Crippen LogP contribution in [0.4, 0.5) is 0 Å². The zero-order chi connectivity index (χ0) is 11.4.